The highest BCUT2D eigenvalue weighted by atomic mass is 16.5. The first-order chi connectivity index (χ1) is 8.33. The summed E-state index contributed by atoms with van der Waals surface area (Å²) in [5.74, 6) is 0.364. The summed E-state index contributed by atoms with van der Waals surface area (Å²) in [5.41, 5.74) is -0.215. The lowest BCUT2D eigenvalue weighted by molar-refractivity contribution is -0.142. The minimum Gasteiger partial charge on any atom is -0.468 e. The van der Waals surface area contributed by atoms with Gasteiger partial charge in [0.15, 0.2) is 0 Å². The predicted octanol–water partition coefficient (Wildman–Crippen LogP) is 1.92. The summed E-state index contributed by atoms with van der Waals surface area (Å²) in [4.78, 5) is 23.3. The number of esters is 1. The van der Waals surface area contributed by atoms with Crippen molar-refractivity contribution in [2.24, 2.45) is 11.3 Å². The van der Waals surface area contributed by atoms with Gasteiger partial charge >= 0.3 is 5.97 Å². The second-order valence-electron chi connectivity index (χ2n) is 5.72. The van der Waals surface area contributed by atoms with Gasteiger partial charge in [0.25, 0.3) is 0 Å². The molecule has 0 amide bonds. The Hall–Kier alpha value is -0.900. The van der Waals surface area contributed by atoms with Crippen LogP contribution < -0.4 is 5.32 Å². The summed E-state index contributed by atoms with van der Waals surface area (Å²) >= 11 is 0. The van der Waals surface area contributed by atoms with Crippen LogP contribution in [0.2, 0.25) is 0 Å². The minimum atomic E-state index is -0.310. The summed E-state index contributed by atoms with van der Waals surface area (Å²) in [6.07, 6.45) is 2.67. The van der Waals surface area contributed by atoms with Gasteiger partial charge in [-0.3, -0.25) is 9.59 Å². The molecule has 0 aliphatic heterocycles. The Morgan fingerprint density at radius 3 is 2.33 bits per heavy atom. The molecule has 1 rings (SSSR count). The van der Waals surface area contributed by atoms with Crippen molar-refractivity contribution >= 4 is 11.8 Å². The third-order valence-corrected chi connectivity index (χ3v) is 4.40. The summed E-state index contributed by atoms with van der Waals surface area (Å²) in [6.45, 7) is 7.70. The molecule has 18 heavy (non-hydrogen) atoms. The highest BCUT2D eigenvalue weighted by molar-refractivity contribution is 5.83. The molecule has 1 N–H and O–H groups in total. The standard InChI is InChI=1S/C14H25NO3/c1-9(2)14(11(4)16)7-6-12(8-14)15-10(3)13(17)18-5/h9-10,12,15H,6-8H2,1-5H3/t10?,12-,14+/m1/s1. The number of Topliss-reactive ketones (excluding diaryl/α,β-unsaturated/α-hetero) is 1. The molecule has 0 saturated heterocycles. The lowest BCUT2D eigenvalue weighted by Gasteiger charge is -2.31. The first kappa shape index (κ1) is 15.2. The SMILES string of the molecule is COC(=O)C(C)N[C@@H]1CC[C@@](C(C)=O)(C(C)C)C1. The zero-order valence-electron chi connectivity index (χ0n) is 12.1. The fraction of sp³-hybridized carbons (Fsp3) is 0.857. The number of rotatable bonds is 5. The number of hydrogen-bond donors (Lipinski definition) is 1. The molecule has 0 spiro atoms. The van der Waals surface area contributed by atoms with E-state index in [1.165, 1.54) is 7.11 Å². The Balaban J connectivity index is 2.65. The molecule has 1 aliphatic carbocycles. The number of ether oxygens (including phenoxy) is 1. The molecular formula is C14H25NO3. The van der Waals surface area contributed by atoms with Gasteiger partial charge in [-0.15, -0.1) is 0 Å². The average Bonchev–Trinajstić information content (AvgIpc) is 2.73. The minimum absolute atomic E-state index is 0.215. The van der Waals surface area contributed by atoms with E-state index in [0.29, 0.717) is 5.92 Å². The molecule has 0 bridgehead atoms. The number of nitrogens with one attached hydrogen (secondary N) is 1. The summed E-state index contributed by atoms with van der Waals surface area (Å²) in [5, 5.41) is 3.27. The zero-order valence-corrected chi connectivity index (χ0v) is 12.1. The summed E-state index contributed by atoms with van der Waals surface area (Å²) < 4.78 is 4.70. The molecule has 4 nitrogen and oxygen atoms in total. The summed E-state index contributed by atoms with van der Waals surface area (Å²) in [7, 11) is 1.39. The number of methoxy groups -OCH3 is 1. The van der Waals surface area contributed by atoms with Crippen molar-refractivity contribution in [1.29, 1.82) is 0 Å². The Labute approximate surface area is 109 Å². The number of ketones is 1. The van der Waals surface area contributed by atoms with Crippen molar-refractivity contribution in [2.45, 2.75) is 59.0 Å². The van der Waals surface area contributed by atoms with Crippen LogP contribution in [-0.4, -0.2) is 30.9 Å². The van der Waals surface area contributed by atoms with Crippen molar-refractivity contribution in [1.82, 2.24) is 5.32 Å². The zero-order chi connectivity index (χ0) is 13.9. The maximum atomic E-state index is 11.9. The van der Waals surface area contributed by atoms with Gasteiger partial charge in [0.05, 0.1) is 7.11 Å². The quantitative estimate of drug-likeness (QED) is 0.763. The van der Waals surface area contributed by atoms with E-state index in [9.17, 15) is 9.59 Å². The molecule has 1 fully saturated rings. The van der Waals surface area contributed by atoms with Gasteiger partial charge in [-0.1, -0.05) is 13.8 Å². The molecule has 104 valence electrons. The molecule has 0 aromatic carbocycles. The van der Waals surface area contributed by atoms with Crippen LogP contribution in [0, 0.1) is 11.3 Å². The van der Waals surface area contributed by atoms with Crippen LogP contribution in [0.5, 0.6) is 0 Å². The van der Waals surface area contributed by atoms with Gasteiger partial charge < -0.3 is 10.1 Å². The molecule has 1 aliphatic rings. The largest absolute Gasteiger partial charge is 0.468 e. The van der Waals surface area contributed by atoms with Crippen molar-refractivity contribution < 1.29 is 14.3 Å². The fourth-order valence-corrected chi connectivity index (χ4v) is 3.07. The van der Waals surface area contributed by atoms with Gasteiger partial charge in [0.1, 0.15) is 11.8 Å². The average molecular weight is 255 g/mol. The van der Waals surface area contributed by atoms with Crippen LogP contribution in [0.4, 0.5) is 0 Å². The first-order valence-electron chi connectivity index (χ1n) is 6.68. The third kappa shape index (κ3) is 2.91. The Morgan fingerprint density at radius 2 is 1.94 bits per heavy atom. The van der Waals surface area contributed by atoms with E-state index in [1.807, 2.05) is 0 Å². The smallest absolute Gasteiger partial charge is 0.322 e. The maximum Gasteiger partial charge on any atom is 0.322 e. The molecule has 1 saturated carbocycles. The Morgan fingerprint density at radius 1 is 1.33 bits per heavy atom. The first-order valence-corrected chi connectivity index (χ1v) is 6.68. The van der Waals surface area contributed by atoms with E-state index >= 15 is 0 Å². The van der Waals surface area contributed by atoms with Crippen LogP contribution in [0.3, 0.4) is 0 Å². The molecule has 0 heterocycles. The second-order valence-corrected chi connectivity index (χ2v) is 5.72. The van der Waals surface area contributed by atoms with E-state index in [-0.39, 0.29) is 29.3 Å². The number of carbonyl (C=O) groups excluding carboxylic acids is 2. The summed E-state index contributed by atoms with van der Waals surface area (Å²) in [6, 6.07) is -0.0830. The maximum absolute atomic E-state index is 11.9. The topological polar surface area (TPSA) is 55.4 Å². The van der Waals surface area contributed by atoms with Crippen LogP contribution in [-0.2, 0) is 14.3 Å². The van der Waals surface area contributed by atoms with Crippen LogP contribution in [0.25, 0.3) is 0 Å². The molecule has 0 radical (unpaired) electrons. The van der Waals surface area contributed by atoms with E-state index in [4.69, 9.17) is 4.74 Å². The molecule has 0 aromatic heterocycles. The third-order valence-electron chi connectivity index (χ3n) is 4.40. The van der Waals surface area contributed by atoms with Crippen LogP contribution >= 0.6 is 0 Å². The highest BCUT2D eigenvalue weighted by Crippen LogP contribution is 2.45. The Bertz CT molecular complexity index is 327. The number of hydrogen-bond acceptors (Lipinski definition) is 4. The second kappa shape index (κ2) is 5.83. The molecular weight excluding hydrogens is 230 g/mol. The van der Waals surface area contributed by atoms with Gasteiger partial charge in [0.2, 0.25) is 0 Å². The van der Waals surface area contributed by atoms with Crippen molar-refractivity contribution in [3.05, 3.63) is 0 Å². The van der Waals surface area contributed by atoms with Crippen molar-refractivity contribution in [3.8, 4) is 0 Å². The van der Waals surface area contributed by atoms with E-state index in [1.54, 1.807) is 13.8 Å². The van der Waals surface area contributed by atoms with E-state index < -0.39 is 0 Å². The van der Waals surface area contributed by atoms with E-state index in [0.717, 1.165) is 19.3 Å². The monoisotopic (exact) mass is 255 g/mol. The molecule has 4 heteroatoms. The van der Waals surface area contributed by atoms with Crippen molar-refractivity contribution in [3.63, 3.8) is 0 Å². The lowest BCUT2D eigenvalue weighted by Crippen LogP contribution is -2.42. The normalized spacial score (nSPS) is 29.3. The molecule has 1 unspecified atom stereocenters. The van der Waals surface area contributed by atoms with Gasteiger partial charge in [-0.05, 0) is 39.0 Å². The Kier molecular flexibility index (Phi) is 4.91. The molecule has 0 aromatic rings. The van der Waals surface area contributed by atoms with Gasteiger partial charge in [0, 0.05) is 11.5 Å². The molecule has 3 atom stereocenters. The fourth-order valence-electron chi connectivity index (χ4n) is 3.07. The number of carbonyl (C=O) groups is 2. The highest BCUT2D eigenvalue weighted by Gasteiger charge is 2.45. The predicted molar refractivity (Wildman–Crippen MR) is 70.2 cm³/mol. The van der Waals surface area contributed by atoms with Crippen LogP contribution in [0.15, 0.2) is 0 Å². The van der Waals surface area contributed by atoms with Crippen molar-refractivity contribution in [2.75, 3.05) is 7.11 Å². The van der Waals surface area contributed by atoms with Crippen LogP contribution in [0.1, 0.15) is 47.0 Å². The van der Waals surface area contributed by atoms with E-state index in [2.05, 4.69) is 19.2 Å². The lowest BCUT2D eigenvalue weighted by atomic mass is 9.72. The van der Waals surface area contributed by atoms with Gasteiger partial charge in [-0.25, -0.2) is 0 Å². The van der Waals surface area contributed by atoms with Gasteiger partial charge in [-0.2, -0.15) is 0 Å².